The minimum Gasteiger partial charge on any atom is -0.380 e. The van der Waals surface area contributed by atoms with Crippen LogP contribution in [0.1, 0.15) is 27.2 Å². The summed E-state index contributed by atoms with van der Waals surface area (Å²) >= 11 is 0. The van der Waals surface area contributed by atoms with Crippen LogP contribution >= 0.6 is 0 Å². The Labute approximate surface area is 121 Å². The number of ether oxygens (including phenoxy) is 1. The van der Waals surface area contributed by atoms with E-state index < -0.39 is 6.04 Å². The second kappa shape index (κ2) is 8.92. The molecule has 6 heteroatoms. The standard InChI is InChI=1S/C14H27N3O3/c1-4-16(5-2)13(18)11-12-14(19)17(8-7-15-12)9-10-20-6-3/h12,15H,4-11H2,1-3H3. The average molecular weight is 285 g/mol. The summed E-state index contributed by atoms with van der Waals surface area (Å²) in [7, 11) is 0. The van der Waals surface area contributed by atoms with Crippen LogP contribution in [0.25, 0.3) is 0 Å². The lowest BCUT2D eigenvalue weighted by Gasteiger charge is -2.33. The van der Waals surface area contributed by atoms with E-state index in [4.69, 9.17) is 4.74 Å². The van der Waals surface area contributed by atoms with Gasteiger partial charge in [-0.15, -0.1) is 0 Å². The third kappa shape index (κ3) is 4.76. The van der Waals surface area contributed by atoms with Crippen molar-refractivity contribution >= 4 is 11.8 Å². The van der Waals surface area contributed by atoms with Crippen LogP contribution in [0.4, 0.5) is 0 Å². The van der Waals surface area contributed by atoms with Gasteiger partial charge in [0.1, 0.15) is 0 Å². The molecule has 0 aromatic rings. The van der Waals surface area contributed by atoms with E-state index in [0.717, 1.165) is 6.54 Å². The van der Waals surface area contributed by atoms with Crippen molar-refractivity contribution in [3.05, 3.63) is 0 Å². The van der Waals surface area contributed by atoms with Gasteiger partial charge in [0.25, 0.3) is 0 Å². The van der Waals surface area contributed by atoms with Crippen molar-refractivity contribution < 1.29 is 14.3 Å². The zero-order valence-corrected chi connectivity index (χ0v) is 12.9. The smallest absolute Gasteiger partial charge is 0.240 e. The minimum absolute atomic E-state index is 0.0106. The number of rotatable bonds is 8. The van der Waals surface area contributed by atoms with Gasteiger partial charge in [-0.05, 0) is 20.8 Å². The van der Waals surface area contributed by atoms with E-state index in [0.29, 0.717) is 39.4 Å². The van der Waals surface area contributed by atoms with E-state index in [9.17, 15) is 9.59 Å². The highest BCUT2D eigenvalue weighted by molar-refractivity contribution is 5.88. The van der Waals surface area contributed by atoms with Gasteiger partial charge in [0.2, 0.25) is 11.8 Å². The Hall–Kier alpha value is -1.14. The number of carbonyl (C=O) groups excluding carboxylic acids is 2. The minimum atomic E-state index is -0.390. The fourth-order valence-electron chi connectivity index (χ4n) is 2.37. The van der Waals surface area contributed by atoms with Crippen LogP contribution in [0.15, 0.2) is 0 Å². The Morgan fingerprint density at radius 3 is 2.70 bits per heavy atom. The lowest BCUT2D eigenvalue weighted by atomic mass is 10.1. The first-order valence-electron chi connectivity index (χ1n) is 7.51. The summed E-state index contributed by atoms with van der Waals surface area (Å²) in [4.78, 5) is 27.9. The molecule has 0 bridgehead atoms. The van der Waals surface area contributed by atoms with Crippen molar-refractivity contribution in [1.29, 1.82) is 0 Å². The molecule has 1 unspecified atom stereocenters. The maximum absolute atomic E-state index is 12.3. The number of carbonyl (C=O) groups is 2. The second-order valence-corrected chi connectivity index (χ2v) is 4.80. The monoisotopic (exact) mass is 285 g/mol. The first-order chi connectivity index (χ1) is 9.63. The lowest BCUT2D eigenvalue weighted by molar-refractivity contribution is -0.141. The average Bonchev–Trinajstić information content (AvgIpc) is 2.44. The Kier molecular flexibility index (Phi) is 7.54. The van der Waals surface area contributed by atoms with E-state index >= 15 is 0 Å². The first kappa shape index (κ1) is 16.9. The number of nitrogens with zero attached hydrogens (tertiary/aromatic N) is 2. The fraction of sp³-hybridized carbons (Fsp3) is 0.857. The Bertz CT molecular complexity index is 319. The molecule has 2 amide bonds. The first-order valence-corrected chi connectivity index (χ1v) is 7.51. The molecule has 0 saturated carbocycles. The van der Waals surface area contributed by atoms with E-state index in [2.05, 4.69) is 5.32 Å². The van der Waals surface area contributed by atoms with Crippen LogP contribution in [-0.4, -0.2) is 73.6 Å². The third-order valence-corrected chi connectivity index (χ3v) is 3.59. The summed E-state index contributed by atoms with van der Waals surface area (Å²) in [5, 5.41) is 3.14. The normalized spacial score (nSPS) is 19.2. The van der Waals surface area contributed by atoms with Crippen LogP contribution < -0.4 is 5.32 Å². The predicted molar refractivity (Wildman–Crippen MR) is 77.4 cm³/mol. The Morgan fingerprint density at radius 1 is 1.40 bits per heavy atom. The molecule has 1 aliphatic rings. The summed E-state index contributed by atoms with van der Waals surface area (Å²) in [5.74, 6) is 0.0453. The topological polar surface area (TPSA) is 61.9 Å². The zero-order chi connectivity index (χ0) is 15.0. The summed E-state index contributed by atoms with van der Waals surface area (Å²) in [6.07, 6.45) is 0.242. The van der Waals surface area contributed by atoms with Gasteiger partial charge in [-0.3, -0.25) is 9.59 Å². The van der Waals surface area contributed by atoms with E-state index in [-0.39, 0.29) is 18.2 Å². The molecular weight excluding hydrogens is 258 g/mol. The van der Waals surface area contributed by atoms with Crippen molar-refractivity contribution in [2.24, 2.45) is 0 Å². The van der Waals surface area contributed by atoms with Gasteiger partial charge in [0.05, 0.1) is 19.1 Å². The van der Waals surface area contributed by atoms with Crippen molar-refractivity contribution in [2.45, 2.75) is 33.2 Å². The predicted octanol–water partition coefficient (Wildman–Crippen LogP) is 0.0818. The summed E-state index contributed by atoms with van der Waals surface area (Å²) < 4.78 is 5.28. The van der Waals surface area contributed by atoms with Gasteiger partial charge in [-0.2, -0.15) is 0 Å². The van der Waals surface area contributed by atoms with Gasteiger partial charge >= 0.3 is 0 Å². The van der Waals surface area contributed by atoms with E-state index in [1.54, 1.807) is 9.80 Å². The molecule has 20 heavy (non-hydrogen) atoms. The van der Waals surface area contributed by atoms with Crippen LogP contribution in [0.5, 0.6) is 0 Å². The summed E-state index contributed by atoms with van der Waals surface area (Å²) in [5.41, 5.74) is 0. The summed E-state index contributed by atoms with van der Waals surface area (Å²) in [6.45, 7) is 10.4. The molecular formula is C14H27N3O3. The Balaban J connectivity index is 2.49. The van der Waals surface area contributed by atoms with Gasteiger partial charge < -0.3 is 19.9 Å². The molecule has 0 radical (unpaired) electrons. The number of hydrogen-bond acceptors (Lipinski definition) is 4. The Morgan fingerprint density at radius 2 is 2.10 bits per heavy atom. The lowest BCUT2D eigenvalue weighted by Crippen LogP contribution is -2.57. The zero-order valence-electron chi connectivity index (χ0n) is 12.9. The second-order valence-electron chi connectivity index (χ2n) is 4.80. The van der Waals surface area contributed by atoms with Gasteiger partial charge in [0.15, 0.2) is 0 Å². The van der Waals surface area contributed by atoms with Crippen LogP contribution in [0.2, 0.25) is 0 Å². The molecule has 1 heterocycles. The van der Waals surface area contributed by atoms with E-state index in [1.165, 1.54) is 0 Å². The SMILES string of the molecule is CCOCCN1CCNC(CC(=O)N(CC)CC)C1=O. The molecule has 0 aliphatic carbocycles. The van der Waals surface area contributed by atoms with Crippen LogP contribution in [0, 0.1) is 0 Å². The summed E-state index contributed by atoms with van der Waals surface area (Å²) in [6, 6.07) is -0.390. The number of amides is 2. The molecule has 0 aromatic heterocycles. The molecule has 1 saturated heterocycles. The van der Waals surface area contributed by atoms with E-state index in [1.807, 2.05) is 20.8 Å². The quantitative estimate of drug-likeness (QED) is 0.642. The number of piperazine rings is 1. The molecule has 0 aromatic carbocycles. The maximum Gasteiger partial charge on any atom is 0.240 e. The highest BCUT2D eigenvalue weighted by atomic mass is 16.5. The fourth-order valence-corrected chi connectivity index (χ4v) is 2.37. The van der Waals surface area contributed by atoms with Crippen molar-refractivity contribution in [3.8, 4) is 0 Å². The molecule has 1 N–H and O–H groups in total. The largest absolute Gasteiger partial charge is 0.380 e. The number of nitrogens with one attached hydrogen (secondary N) is 1. The van der Waals surface area contributed by atoms with Gasteiger partial charge in [-0.25, -0.2) is 0 Å². The van der Waals surface area contributed by atoms with Crippen LogP contribution in [-0.2, 0) is 14.3 Å². The molecule has 1 fully saturated rings. The van der Waals surface area contributed by atoms with Crippen molar-refractivity contribution in [1.82, 2.24) is 15.1 Å². The van der Waals surface area contributed by atoms with Crippen molar-refractivity contribution in [2.75, 3.05) is 45.9 Å². The molecule has 1 aliphatic heterocycles. The molecule has 1 atom stereocenters. The third-order valence-electron chi connectivity index (χ3n) is 3.59. The number of hydrogen-bond donors (Lipinski definition) is 1. The highest BCUT2D eigenvalue weighted by Crippen LogP contribution is 2.07. The molecule has 1 rings (SSSR count). The maximum atomic E-state index is 12.3. The van der Waals surface area contributed by atoms with Crippen molar-refractivity contribution in [3.63, 3.8) is 0 Å². The van der Waals surface area contributed by atoms with Gasteiger partial charge in [0, 0.05) is 39.3 Å². The molecule has 6 nitrogen and oxygen atoms in total. The van der Waals surface area contributed by atoms with Gasteiger partial charge in [-0.1, -0.05) is 0 Å². The molecule has 116 valence electrons. The van der Waals surface area contributed by atoms with Crippen LogP contribution in [0.3, 0.4) is 0 Å². The highest BCUT2D eigenvalue weighted by Gasteiger charge is 2.30. The molecule has 0 spiro atoms.